The SMILES string of the molecule is CCCCCCC1CN(C)C(c2ccc(OC)cc2OCC)=N1. The molecule has 0 bridgehead atoms. The molecule has 0 spiro atoms. The lowest BCUT2D eigenvalue weighted by Crippen LogP contribution is -2.25. The number of likely N-dealkylation sites (N-methyl/N-ethyl adjacent to an activating group) is 1. The van der Waals surface area contributed by atoms with E-state index in [2.05, 4.69) is 24.9 Å². The Morgan fingerprint density at radius 2 is 2.04 bits per heavy atom. The third-order valence-corrected chi connectivity index (χ3v) is 4.27. The number of ether oxygens (including phenoxy) is 2. The van der Waals surface area contributed by atoms with Crippen molar-refractivity contribution in [3.8, 4) is 11.5 Å². The van der Waals surface area contributed by atoms with Crippen LogP contribution in [0.1, 0.15) is 51.5 Å². The number of unbranched alkanes of at least 4 members (excludes halogenated alkanes) is 3. The van der Waals surface area contributed by atoms with E-state index in [1.807, 2.05) is 19.1 Å². The third-order valence-electron chi connectivity index (χ3n) is 4.27. The first kappa shape index (κ1) is 17.6. The fraction of sp³-hybridized carbons (Fsp3) is 0.632. The van der Waals surface area contributed by atoms with Gasteiger partial charge >= 0.3 is 0 Å². The molecule has 0 aliphatic carbocycles. The van der Waals surface area contributed by atoms with Crippen LogP contribution in [0.5, 0.6) is 11.5 Å². The molecule has 0 saturated heterocycles. The Kier molecular flexibility index (Phi) is 6.75. The molecule has 1 atom stereocenters. The van der Waals surface area contributed by atoms with Crippen molar-refractivity contribution in [2.75, 3.05) is 27.3 Å². The summed E-state index contributed by atoms with van der Waals surface area (Å²) in [6.07, 6.45) is 6.36. The van der Waals surface area contributed by atoms with Crippen molar-refractivity contribution in [2.45, 2.75) is 52.0 Å². The normalized spacial score (nSPS) is 17.3. The zero-order valence-corrected chi connectivity index (χ0v) is 15.0. The van der Waals surface area contributed by atoms with Gasteiger partial charge in [-0.3, -0.25) is 4.99 Å². The summed E-state index contributed by atoms with van der Waals surface area (Å²) in [7, 11) is 3.79. The van der Waals surface area contributed by atoms with Crippen molar-refractivity contribution in [1.82, 2.24) is 4.90 Å². The van der Waals surface area contributed by atoms with E-state index in [0.29, 0.717) is 12.6 Å². The second-order valence-corrected chi connectivity index (χ2v) is 6.13. The highest BCUT2D eigenvalue weighted by molar-refractivity contribution is 6.02. The first-order valence-electron chi connectivity index (χ1n) is 8.79. The largest absolute Gasteiger partial charge is 0.497 e. The summed E-state index contributed by atoms with van der Waals surface area (Å²) in [5, 5.41) is 0. The summed E-state index contributed by atoms with van der Waals surface area (Å²) < 4.78 is 11.1. The molecule has 0 fully saturated rings. The standard InChI is InChI=1S/C19H30N2O2/c1-5-7-8-9-10-15-14-21(3)19(20-15)17-12-11-16(22-4)13-18(17)23-6-2/h11-13,15H,5-10,14H2,1-4H3. The minimum absolute atomic E-state index is 0.406. The maximum absolute atomic E-state index is 5.80. The van der Waals surface area contributed by atoms with Gasteiger partial charge in [-0.2, -0.15) is 0 Å². The molecule has 23 heavy (non-hydrogen) atoms. The van der Waals surface area contributed by atoms with E-state index in [9.17, 15) is 0 Å². The van der Waals surface area contributed by atoms with Crippen molar-refractivity contribution >= 4 is 5.84 Å². The number of methoxy groups -OCH3 is 1. The first-order chi connectivity index (χ1) is 11.2. The van der Waals surface area contributed by atoms with E-state index in [4.69, 9.17) is 14.5 Å². The number of rotatable bonds is 9. The summed E-state index contributed by atoms with van der Waals surface area (Å²) in [4.78, 5) is 7.20. The summed E-state index contributed by atoms with van der Waals surface area (Å²) in [6.45, 7) is 5.88. The topological polar surface area (TPSA) is 34.1 Å². The molecule has 1 aromatic rings. The molecule has 2 rings (SSSR count). The van der Waals surface area contributed by atoms with Crippen molar-refractivity contribution in [2.24, 2.45) is 4.99 Å². The molecule has 1 aromatic carbocycles. The monoisotopic (exact) mass is 318 g/mol. The second-order valence-electron chi connectivity index (χ2n) is 6.13. The van der Waals surface area contributed by atoms with Gasteiger partial charge in [0.2, 0.25) is 0 Å². The molecule has 0 N–H and O–H groups in total. The molecule has 1 aliphatic rings. The van der Waals surface area contributed by atoms with Crippen molar-refractivity contribution in [3.05, 3.63) is 23.8 Å². The lowest BCUT2D eigenvalue weighted by atomic mass is 10.1. The van der Waals surface area contributed by atoms with Gasteiger partial charge in [0, 0.05) is 19.7 Å². The van der Waals surface area contributed by atoms with Gasteiger partial charge in [-0.25, -0.2) is 0 Å². The molecule has 1 heterocycles. The fourth-order valence-electron chi connectivity index (χ4n) is 3.04. The van der Waals surface area contributed by atoms with Gasteiger partial charge in [0.25, 0.3) is 0 Å². The Morgan fingerprint density at radius 3 is 2.74 bits per heavy atom. The van der Waals surface area contributed by atoms with Crippen molar-refractivity contribution in [3.63, 3.8) is 0 Å². The van der Waals surface area contributed by atoms with Gasteiger partial charge in [0.05, 0.1) is 25.3 Å². The van der Waals surface area contributed by atoms with E-state index in [-0.39, 0.29) is 0 Å². The number of nitrogens with zero attached hydrogens (tertiary/aromatic N) is 2. The minimum atomic E-state index is 0.406. The van der Waals surface area contributed by atoms with E-state index in [1.165, 1.54) is 32.1 Å². The van der Waals surface area contributed by atoms with Crippen LogP contribution in [-0.2, 0) is 0 Å². The molecule has 4 heteroatoms. The van der Waals surface area contributed by atoms with E-state index < -0.39 is 0 Å². The number of hydrogen-bond donors (Lipinski definition) is 0. The Bertz CT molecular complexity index is 528. The van der Waals surface area contributed by atoms with Crippen LogP contribution in [0.15, 0.2) is 23.2 Å². The predicted octanol–water partition coefficient (Wildman–Crippen LogP) is 4.12. The van der Waals surface area contributed by atoms with Crippen molar-refractivity contribution < 1.29 is 9.47 Å². The van der Waals surface area contributed by atoms with Crippen molar-refractivity contribution in [1.29, 1.82) is 0 Å². The van der Waals surface area contributed by atoms with Crippen LogP contribution in [0.2, 0.25) is 0 Å². The van der Waals surface area contributed by atoms with Crippen LogP contribution < -0.4 is 9.47 Å². The number of amidine groups is 1. The van der Waals surface area contributed by atoms with Crippen LogP contribution in [0.3, 0.4) is 0 Å². The molecule has 1 unspecified atom stereocenters. The second kappa shape index (κ2) is 8.80. The van der Waals surface area contributed by atoms with Gasteiger partial charge in [-0.15, -0.1) is 0 Å². The molecular weight excluding hydrogens is 288 g/mol. The summed E-state index contributed by atoms with van der Waals surface area (Å²) in [6, 6.07) is 6.38. The molecule has 0 saturated carbocycles. The Morgan fingerprint density at radius 1 is 1.22 bits per heavy atom. The van der Waals surface area contributed by atoms with Crippen LogP contribution in [0.25, 0.3) is 0 Å². The minimum Gasteiger partial charge on any atom is -0.497 e. The molecule has 4 nitrogen and oxygen atoms in total. The lowest BCUT2D eigenvalue weighted by Gasteiger charge is -2.18. The fourth-order valence-corrected chi connectivity index (χ4v) is 3.04. The van der Waals surface area contributed by atoms with Gasteiger partial charge < -0.3 is 14.4 Å². The molecule has 0 amide bonds. The highest BCUT2D eigenvalue weighted by Crippen LogP contribution is 2.29. The van der Waals surface area contributed by atoms with Gasteiger partial charge in [-0.05, 0) is 25.5 Å². The highest BCUT2D eigenvalue weighted by Gasteiger charge is 2.25. The van der Waals surface area contributed by atoms with Gasteiger partial charge in [0.1, 0.15) is 17.3 Å². The lowest BCUT2D eigenvalue weighted by molar-refractivity contribution is 0.335. The number of aliphatic imine (C=N–C) groups is 1. The number of hydrogen-bond acceptors (Lipinski definition) is 4. The van der Waals surface area contributed by atoms with E-state index in [0.717, 1.165) is 29.4 Å². The smallest absolute Gasteiger partial charge is 0.134 e. The summed E-state index contributed by atoms with van der Waals surface area (Å²) in [5.74, 6) is 2.70. The first-order valence-corrected chi connectivity index (χ1v) is 8.79. The predicted molar refractivity (Wildman–Crippen MR) is 95.9 cm³/mol. The maximum Gasteiger partial charge on any atom is 0.134 e. The zero-order valence-electron chi connectivity index (χ0n) is 15.0. The molecule has 1 aliphatic heterocycles. The Labute approximate surface area is 140 Å². The quantitative estimate of drug-likeness (QED) is 0.642. The Hall–Kier alpha value is -1.71. The van der Waals surface area contributed by atoms with Crippen LogP contribution in [0.4, 0.5) is 0 Å². The van der Waals surface area contributed by atoms with Gasteiger partial charge in [0.15, 0.2) is 0 Å². The molecule has 0 radical (unpaired) electrons. The molecular formula is C19H30N2O2. The van der Waals surface area contributed by atoms with Crippen LogP contribution in [0, 0.1) is 0 Å². The molecule has 128 valence electrons. The summed E-state index contributed by atoms with van der Waals surface area (Å²) >= 11 is 0. The van der Waals surface area contributed by atoms with E-state index >= 15 is 0 Å². The van der Waals surface area contributed by atoms with Crippen LogP contribution >= 0.6 is 0 Å². The number of benzene rings is 1. The zero-order chi connectivity index (χ0) is 16.7. The van der Waals surface area contributed by atoms with E-state index in [1.54, 1.807) is 7.11 Å². The summed E-state index contributed by atoms with van der Waals surface area (Å²) in [5.41, 5.74) is 1.06. The average Bonchev–Trinajstić information content (AvgIpc) is 2.92. The maximum atomic E-state index is 5.80. The third kappa shape index (κ3) is 4.63. The molecule has 0 aromatic heterocycles. The van der Waals surface area contributed by atoms with Gasteiger partial charge in [-0.1, -0.05) is 32.6 Å². The average molecular weight is 318 g/mol. The van der Waals surface area contributed by atoms with Crippen LogP contribution in [-0.4, -0.2) is 44.1 Å². The Balaban J connectivity index is 2.12. The highest BCUT2D eigenvalue weighted by atomic mass is 16.5.